The number of methoxy groups -OCH3 is 1. The minimum absolute atomic E-state index is 0.0188. The van der Waals surface area contributed by atoms with Gasteiger partial charge in [0.2, 0.25) is 17.4 Å². The second-order valence-corrected chi connectivity index (χ2v) is 4.28. The Morgan fingerprint density at radius 1 is 0.909 bits per heavy atom. The summed E-state index contributed by atoms with van der Waals surface area (Å²) in [7, 11) is 1.39. The summed E-state index contributed by atoms with van der Waals surface area (Å²) in [4.78, 5) is 0. The van der Waals surface area contributed by atoms with Gasteiger partial charge in [0.15, 0.2) is 11.6 Å². The van der Waals surface area contributed by atoms with Crippen LogP contribution in [0.1, 0.15) is 12.5 Å². The van der Waals surface area contributed by atoms with E-state index < -0.39 is 34.6 Å². The molecular formula is C16H12F4O2. The summed E-state index contributed by atoms with van der Waals surface area (Å²) in [5.74, 6) is -7.04. The van der Waals surface area contributed by atoms with Gasteiger partial charge in [-0.1, -0.05) is 18.2 Å². The van der Waals surface area contributed by atoms with Crippen molar-refractivity contribution < 1.29 is 27.0 Å². The van der Waals surface area contributed by atoms with Crippen molar-refractivity contribution in [2.24, 2.45) is 0 Å². The molecule has 0 bridgehead atoms. The first kappa shape index (κ1) is 15.9. The lowest BCUT2D eigenvalue weighted by Crippen LogP contribution is -2.03. The Labute approximate surface area is 124 Å². The minimum Gasteiger partial charge on any atom is -0.497 e. The summed E-state index contributed by atoms with van der Waals surface area (Å²) in [5, 5.41) is 0. The number of benzene rings is 2. The molecule has 22 heavy (non-hydrogen) atoms. The quantitative estimate of drug-likeness (QED) is 0.579. The first-order valence-electron chi connectivity index (χ1n) is 6.30. The average Bonchev–Trinajstić information content (AvgIpc) is 2.54. The number of rotatable bonds is 4. The smallest absolute Gasteiger partial charge is 0.205 e. The van der Waals surface area contributed by atoms with E-state index in [2.05, 4.69) is 0 Å². The molecular weight excluding hydrogens is 300 g/mol. The first-order chi connectivity index (χ1) is 10.5. The number of allylic oxidation sites excluding steroid dienone is 1. The van der Waals surface area contributed by atoms with Gasteiger partial charge in [-0.15, -0.1) is 0 Å². The van der Waals surface area contributed by atoms with Gasteiger partial charge in [0.05, 0.1) is 12.7 Å². The lowest BCUT2D eigenvalue weighted by molar-refractivity contribution is 0.361. The fraction of sp³-hybridized carbons (Fsp3) is 0.125. The van der Waals surface area contributed by atoms with Crippen LogP contribution in [-0.2, 0) is 0 Å². The van der Waals surface area contributed by atoms with Gasteiger partial charge in [-0.2, -0.15) is 8.78 Å². The molecule has 116 valence electrons. The summed E-state index contributed by atoms with van der Waals surface area (Å²) in [6.45, 7) is 1.47. The van der Waals surface area contributed by atoms with E-state index in [0.29, 0.717) is 5.75 Å². The molecule has 0 aliphatic rings. The molecule has 0 amide bonds. The van der Waals surface area contributed by atoms with Crippen LogP contribution in [0.15, 0.2) is 30.3 Å². The lowest BCUT2D eigenvalue weighted by atomic mass is 10.1. The highest BCUT2D eigenvalue weighted by molar-refractivity contribution is 5.54. The van der Waals surface area contributed by atoms with E-state index in [1.165, 1.54) is 38.3 Å². The largest absolute Gasteiger partial charge is 0.497 e. The molecule has 0 fully saturated rings. The van der Waals surface area contributed by atoms with Gasteiger partial charge in [-0.25, -0.2) is 8.78 Å². The van der Waals surface area contributed by atoms with E-state index in [-0.39, 0.29) is 5.75 Å². The van der Waals surface area contributed by atoms with Crippen molar-refractivity contribution in [1.29, 1.82) is 0 Å². The molecule has 0 aliphatic carbocycles. The molecule has 0 saturated heterocycles. The lowest BCUT2D eigenvalue weighted by Gasteiger charge is -2.12. The zero-order valence-corrected chi connectivity index (χ0v) is 11.8. The van der Waals surface area contributed by atoms with Crippen LogP contribution >= 0.6 is 0 Å². The zero-order chi connectivity index (χ0) is 16.3. The van der Waals surface area contributed by atoms with Gasteiger partial charge in [0.1, 0.15) is 11.5 Å². The maximum Gasteiger partial charge on any atom is 0.205 e. The third-order valence-electron chi connectivity index (χ3n) is 2.85. The summed E-state index contributed by atoms with van der Waals surface area (Å²) < 4.78 is 65.3. The first-order valence-corrected chi connectivity index (χ1v) is 6.30. The fourth-order valence-corrected chi connectivity index (χ4v) is 1.81. The minimum atomic E-state index is -1.60. The molecule has 0 heterocycles. The van der Waals surface area contributed by atoms with Gasteiger partial charge >= 0.3 is 0 Å². The molecule has 0 aromatic heterocycles. The number of hydrogen-bond donors (Lipinski definition) is 0. The Hall–Kier alpha value is -2.50. The van der Waals surface area contributed by atoms with Gasteiger partial charge in [-0.3, -0.25) is 0 Å². The summed E-state index contributed by atoms with van der Waals surface area (Å²) >= 11 is 0. The molecule has 2 nitrogen and oxygen atoms in total. The van der Waals surface area contributed by atoms with Crippen LogP contribution < -0.4 is 9.47 Å². The summed E-state index contributed by atoms with van der Waals surface area (Å²) in [5.41, 5.74) is -0.796. The topological polar surface area (TPSA) is 18.5 Å². The molecule has 0 aliphatic heterocycles. The van der Waals surface area contributed by atoms with E-state index in [1.54, 1.807) is 6.07 Å². The zero-order valence-electron chi connectivity index (χ0n) is 11.8. The predicted molar refractivity (Wildman–Crippen MR) is 74.1 cm³/mol. The van der Waals surface area contributed by atoms with Crippen molar-refractivity contribution in [3.8, 4) is 17.2 Å². The number of hydrogen-bond acceptors (Lipinski definition) is 2. The second-order valence-electron chi connectivity index (χ2n) is 4.28. The summed E-state index contributed by atoms with van der Waals surface area (Å²) in [6.07, 6.45) is 2.20. The second kappa shape index (κ2) is 6.51. The normalized spacial score (nSPS) is 11.0. The molecule has 0 saturated carbocycles. The van der Waals surface area contributed by atoms with Crippen LogP contribution in [0.25, 0.3) is 6.08 Å². The molecule has 2 aromatic rings. The standard InChI is InChI=1S/C16H12F4O2/c1-3-5-11-12(17)14(19)16(15(20)13(11)18)22-10-7-4-6-9(8-10)21-2/h3-8H,1-2H3/b5-3+. The maximum atomic E-state index is 13.9. The third kappa shape index (κ3) is 2.90. The molecule has 0 unspecified atom stereocenters. The van der Waals surface area contributed by atoms with Gasteiger partial charge in [0.25, 0.3) is 0 Å². The highest BCUT2D eigenvalue weighted by Crippen LogP contribution is 2.34. The molecule has 6 heteroatoms. The van der Waals surface area contributed by atoms with E-state index in [9.17, 15) is 17.6 Å². The number of ether oxygens (including phenoxy) is 2. The van der Waals surface area contributed by atoms with Gasteiger partial charge < -0.3 is 9.47 Å². The molecule has 0 N–H and O–H groups in total. The van der Waals surface area contributed by atoms with E-state index in [0.717, 1.165) is 6.08 Å². The highest BCUT2D eigenvalue weighted by atomic mass is 19.2. The van der Waals surface area contributed by atoms with Crippen LogP contribution in [0.5, 0.6) is 17.2 Å². The van der Waals surface area contributed by atoms with Gasteiger partial charge in [-0.05, 0) is 19.1 Å². The molecule has 2 rings (SSSR count). The Kier molecular flexibility index (Phi) is 4.70. The Bertz CT molecular complexity index is 697. The Morgan fingerprint density at radius 2 is 1.50 bits per heavy atom. The van der Waals surface area contributed by atoms with Crippen molar-refractivity contribution in [1.82, 2.24) is 0 Å². The van der Waals surface area contributed by atoms with Crippen LogP contribution in [0.3, 0.4) is 0 Å². The molecule has 0 radical (unpaired) electrons. The van der Waals surface area contributed by atoms with Crippen molar-refractivity contribution >= 4 is 6.08 Å². The average molecular weight is 312 g/mol. The molecule has 0 atom stereocenters. The van der Waals surface area contributed by atoms with Gasteiger partial charge in [0, 0.05) is 6.07 Å². The maximum absolute atomic E-state index is 13.9. The Morgan fingerprint density at radius 3 is 2.05 bits per heavy atom. The Balaban J connectivity index is 2.52. The monoisotopic (exact) mass is 312 g/mol. The van der Waals surface area contributed by atoms with Crippen LogP contribution in [0.4, 0.5) is 17.6 Å². The highest BCUT2D eigenvalue weighted by Gasteiger charge is 2.25. The van der Waals surface area contributed by atoms with Crippen molar-refractivity contribution in [2.45, 2.75) is 6.92 Å². The van der Waals surface area contributed by atoms with E-state index >= 15 is 0 Å². The van der Waals surface area contributed by atoms with Crippen molar-refractivity contribution in [3.63, 3.8) is 0 Å². The molecule has 0 spiro atoms. The SMILES string of the molecule is C/C=C/c1c(F)c(F)c(Oc2cccc(OC)c2)c(F)c1F. The van der Waals surface area contributed by atoms with Crippen molar-refractivity contribution in [2.75, 3.05) is 7.11 Å². The predicted octanol–water partition coefficient (Wildman–Crippen LogP) is 5.08. The number of halogens is 4. The van der Waals surface area contributed by atoms with Crippen LogP contribution in [0.2, 0.25) is 0 Å². The molecule has 2 aromatic carbocycles. The van der Waals surface area contributed by atoms with Crippen LogP contribution in [0, 0.1) is 23.3 Å². The fourth-order valence-electron chi connectivity index (χ4n) is 1.81. The van der Waals surface area contributed by atoms with Crippen LogP contribution in [-0.4, -0.2) is 7.11 Å². The third-order valence-corrected chi connectivity index (χ3v) is 2.85. The van der Waals surface area contributed by atoms with E-state index in [1.807, 2.05) is 0 Å². The van der Waals surface area contributed by atoms with Crippen molar-refractivity contribution in [3.05, 3.63) is 59.2 Å². The summed E-state index contributed by atoms with van der Waals surface area (Å²) in [6, 6.07) is 5.78. The van der Waals surface area contributed by atoms with E-state index in [4.69, 9.17) is 9.47 Å².